The van der Waals surface area contributed by atoms with E-state index in [0.717, 1.165) is 41.9 Å². The van der Waals surface area contributed by atoms with Crippen molar-refractivity contribution in [3.63, 3.8) is 0 Å². The van der Waals surface area contributed by atoms with E-state index in [4.69, 9.17) is 9.72 Å². The molecule has 3 aromatic heterocycles. The Morgan fingerprint density at radius 3 is 2.81 bits per heavy atom. The van der Waals surface area contributed by atoms with Gasteiger partial charge in [-0.1, -0.05) is 0 Å². The fourth-order valence-electron chi connectivity index (χ4n) is 3.97. The topological polar surface area (TPSA) is 80.8 Å². The highest BCUT2D eigenvalue weighted by atomic mass is 16.6. The summed E-state index contributed by atoms with van der Waals surface area (Å²) in [6.07, 6.45) is 9.24. The van der Waals surface area contributed by atoms with Gasteiger partial charge < -0.3 is 9.64 Å². The summed E-state index contributed by atoms with van der Waals surface area (Å²) in [5, 5.41) is 8.69. The van der Waals surface area contributed by atoms with E-state index < -0.39 is 5.60 Å². The van der Waals surface area contributed by atoms with Gasteiger partial charge in [0.05, 0.1) is 35.5 Å². The van der Waals surface area contributed by atoms with Crippen molar-refractivity contribution in [1.82, 2.24) is 34.2 Å². The smallest absolute Gasteiger partial charge is 0.410 e. The number of rotatable bonds is 4. The summed E-state index contributed by atoms with van der Waals surface area (Å²) in [7, 11) is 3.98. The lowest BCUT2D eigenvalue weighted by atomic mass is 10.0. The molecule has 31 heavy (non-hydrogen) atoms. The van der Waals surface area contributed by atoms with Gasteiger partial charge in [-0.15, -0.1) is 0 Å². The third kappa shape index (κ3) is 4.87. The van der Waals surface area contributed by atoms with Gasteiger partial charge in [-0.2, -0.15) is 10.2 Å². The van der Waals surface area contributed by atoms with E-state index in [-0.39, 0.29) is 12.1 Å². The van der Waals surface area contributed by atoms with Crippen LogP contribution in [0.15, 0.2) is 30.9 Å². The number of amides is 1. The number of aryl methyl sites for hydroxylation is 1. The normalized spacial score (nSPS) is 17.5. The first kappa shape index (κ1) is 21.3. The van der Waals surface area contributed by atoms with Gasteiger partial charge in [-0.3, -0.25) is 9.58 Å². The first-order valence-corrected chi connectivity index (χ1v) is 10.7. The lowest BCUT2D eigenvalue weighted by Crippen LogP contribution is -2.49. The minimum Gasteiger partial charge on any atom is -0.444 e. The number of hydrogen-bond acceptors (Lipinski definition) is 6. The van der Waals surface area contributed by atoms with Gasteiger partial charge in [0.15, 0.2) is 0 Å². The number of nitrogens with zero attached hydrogens (tertiary/aromatic N) is 7. The number of piperidine rings is 1. The van der Waals surface area contributed by atoms with Crippen molar-refractivity contribution in [3.8, 4) is 11.3 Å². The van der Waals surface area contributed by atoms with Crippen molar-refractivity contribution in [1.29, 1.82) is 0 Å². The summed E-state index contributed by atoms with van der Waals surface area (Å²) in [4.78, 5) is 21.6. The molecule has 9 heteroatoms. The maximum Gasteiger partial charge on any atom is 0.410 e. The zero-order chi connectivity index (χ0) is 22.2. The molecule has 0 bridgehead atoms. The van der Waals surface area contributed by atoms with Crippen molar-refractivity contribution in [2.75, 3.05) is 20.1 Å². The third-order valence-corrected chi connectivity index (χ3v) is 5.54. The molecule has 1 aliphatic heterocycles. The number of carbonyl (C=O) groups is 1. The molecule has 0 aromatic carbocycles. The summed E-state index contributed by atoms with van der Waals surface area (Å²) >= 11 is 0. The molecule has 9 nitrogen and oxygen atoms in total. The molecule has 1 fully saturated rings. The second-order valence-electron chi connectivity index (χ2n) is 9.27. The predicted octanol–water partition coefficient (Wildman–Crippen LogP) is 2.96. The highest BCUT2D eigenvalue weighted by Gasteiger charge is 2.29. The molecule has 0 aliphatic carbocycles. The van der Waals surface area contributed by atoms with Crippen LogP contribution in [-0.4, -0.2) is 72.1 Å². The fraction of sp³-hybridized carbons (Fsp3) is 0.545. The number of fused-ring (bicyclic) bond motifs is 1. The van der Waals surface area contributed by atoms with Gasteiger partial charge in [0.25, 0.3) is 0 Å². The van der Waals surface area contributed by atoms with Crippen molar-refractivity contribution >= 4 is 11.6 Å². The van der Waals surface area contributed by atoms with E-state index in [9.17, 15) is 4.79 Å². The molecule has 166 valence electrons. The van der Waals surface area contributed by atoms with E-state index in [1.165, 1.54) is 0 Å². The summed E-state index contributed by atoms with van der Waals surface area (Å²) in [5.41, 5.74) is 3.25. The lowest BCUT2D eigenvalue weighted by Gasteiger charge is -2.38. The fourth-order valence-corrected chi connectivity index (χ4v) is 3.97. The summed E-state index contributed by atoms with van der Waals surface area (Å²) in [5.74, 6) is 0. The Bertz CT molecular complexity index is 1070. The molecule has 1 unspecified atom stereocenters. The molecule has 0 saturated carbocycles. The average molecular weight is 426 g/mol. The number of aromatic nitrogens is 5. The summed E-state index contributed by atoms with van der Waals surface area (Å²) < 4.78 is 9.21. The van der Waals surface area contributed by atoms with Crippen molar-refractivity contribution in [2.45, 2.75) is 51.8 Å². The van der Waals surface area contributed by atoms with Crippen LogP contribution in [0.1, 0.15) is 39.3 Å². The molecule has 0 radical (unpaired) electrons. The molecule has 0 spiro atoms. The average Bonchev–Trinajstić information content (AvgIpc) is 3.35. The first-order chi connectivity index (χ1) is 14.7. The first-order valence-electron chi connectivity index (χ1n) is 10.7. The second kappa shape index (κ2) is 8.30. The van der Waals surface area contributed by atoms with Gasteiger partial charge in [-0.05, 0) is 46.7 Å². The Kier molecular flexibility index (Phi) is 5.70. The van der Waals surface area contributed by atoms with Gasteiger partial charge in [0.1, 0.15) is 5.60 Å². The van der Waals surface area contributed by atoms with Gasteiger partial charge >= 0.3 is 6.09 Å². The standard InChI is InChI=1S/C22H31N7O2/c1-22(2,3)31-21(30)28-10-6-7-17(13-28)26(4)14-19-20-8-9-23-29(20)15-18(25-19)16-11-24-27(5)12-16/h8-9,11-12,15,17H,6-7,10,13-14H2,1-5H3. The van der Waals surface area contributed by atoms with E-state index >= 15 is 0 Å². The molecule has 4 rings (SSSR count). The van der Waals surface area contributed by atoms with Crippen LogP contribution in [0.4, 0.5) is 4.79 Å². The molecule has 0 N–H and O–H groups in total. The van der Waals surface area contributed by atoms with E-state index in [1.54, 1.807) is 10.9 Å². The van der Waals surface area contributed by atoms with E-state index in [1.807, 2.05) is 61.9 Å². The van der Waals surface area contributed by atoms with Crippen LogP contribution in [0.2, 0.25) is 0 Å². The lowest BCUT2D eigenvalue weighted by molar-refractivity contribution is 0.0120. The minimum absolute atomic E-state index is 0.236. The van der Waals surface area contributed by atoms with Crippen LogP contribution in [0.25, 0.3) is 16.8 Å². The molecule has 1 atom stereocenters. The van der Waals surface area contributed by atoms with Crippen LogP contribution < -0.4 is 0 Å². The third-order valence-electron chi connectivity index (χ3n) is 5.54. The Balaban J connectivity index is 1.52. The Morgan fingerprint density at radius 1 is 1.29 bits per heavy atom. The summed E-state index contributed by atoms with van der Waals surface area (Å²) in [6.45, 7) is 7.75. The van der Waals surface area contributed by atoms with Crippen molar-refractivity contribution in [2.24, 2.45) is 7.05 Å². The molecule has 3 aromatic rings. The molecular formula is C22H31N7O2. The highest BCUT2D eigenvalue weighted by Crippen LogP contribution is 2.23. The van der Waals surface area contributed by atoms with Gasteiger partial charge in [0, 0.05) is 44.5 Å². The monoisotopic (exact) mass is 425 g/mol. The van der Waals surface area contributed by atoms with Crippen LogP contribution in [0, 0.1) is 0 Å². The second-order valence-corrected chi connectivity index (χ2v) is 9.27. The van der Waals surface area contributed by atoms with Crippen LogP contribution in [-0.2, 0) is 18.3 Å². The predicted molar refractivity (Wildman–Crippen MR) is 117 cm³/mol. The SMILES string of the molecule is CN(Cc1nc(-c2cnn(C)c2)cn2nccc12)C1CCCN(C(=O)OC(C)(C)C)C1. The number of likely N-dealkylation sites (N-methyl/N-ethyl adjacent to an activating group) is 1. The number of ether oxygens (including phenoxy) is 1. The maximum absolute atomic E-state index is 12.5. The molecule has 1 aliphatic rings. The van der Waals surface area contributed by atoms with Crippen molar-refractivity contribution < 1.29 is 9.53 Å². The van der Waals surface area contributed by atoms with Crippen LogP contribution in [0.3, 0.4) is 0 Å². The summed E-state index contributed by atoms with van der Waals surface area (Å²) in [6, 6.07) is 2.23. The quantitative estimate of drug-likeness (QED) is 0.639. The molecule has 1 amide bonds. The van der Waals surface area contributed by atoms with Gasteiger partial charge in [-0.25, -0.2) is 14.3 Å². The number of likely N-dealkylation sites (tertiary alicyclic amines) is 1. The number of hydrogen-bond donors (Lipinski definition) is 0. The van der Waals surface area contributed by atoms with Gasteiger partial charge in [0.2, 0.25) is 0 Å². The van der Waals surface area contributed by atoms with Crippen LogP contribution >= 0.6 is 0 Å². The molecule has 1 saturated heterocycles. The largest absolute Gasteiger partial charge is 0.444 e. The number of carbonyl (C=O) groups excluding carboxylic acids is 1. The highest BCUT2D eigenvalue weighted by molar-refractivity contribution is 5.68. The molecular weight excluding hydrogens is 394 g/mol. The maximum atomic E-state index is 12.5. The van der Waals surface area contributed by atoms with E-state index in [2.05, 4.69) is 22.1 Å². The van der Waals surface area contributed by atoms with E-state index in [0.29, 0.717) is 13.1 Å². The van der Waals surface area contributed by atoms with Crippen LogP contribution in [0.5, 0.6) is 0 Å². The Morgan fingerprint density at radius 2 is 2.10 bits per heavy atom. The minimum atomic E-state index is -0.486. The van der Waals surface area contributed by atoms with Crippen molar-refractivity contribution in [3.05, 3.63) is 36.5 Å². The zero-order valence-electron chi connectivity index (χ0n) is 18.9. The Labute approximate surface area is 182 Å². The Hall–Kier alpha value is -2.94. The zero-order valence-corrected chi connectivity index (χ0v) is 18.9. The molecule has 4 heterocycles.